The molecule has 4 heteroatoms. The molecular weight excluding hydrogens is 151 g/mol. The first kappa shape index (κ1) is 52.4. The third-order valence-electron chi connectivity index (χ3n) is 0. The van der Waals surface area contributed by atoms with Crippen LogP contribution < -0.4 is 0 Å². The Labute approximate surface area is 51.4 Å². The molecule has 0 saturated carbocycles. The predicted molar refractivity (Wildman–Crippen MR) is 30.6 cm³/mol. The molecule has 0 fully saturated rings. The van der Waals surface area contributed by atoms with Gasteiger partial charge in [-0.3, -0.25) is 4.79 Å². The molecule has 0 aliphatic carbocycles. The molecule has 34 valence electrons. The van der Waals surface area contributed by atoms with Gasteiger partial charge < -0.3 is 2.85 Å². The van der Waals surface area contributed by atoms with E-state index in [1.54, 1.807) is 0 Å². The van der Waals surface area contributed by atoms with Crippen molar-refractivity contribution in [3.8, 4) is 0 Å². The Morgan fingerprint density at radius 3 is 1.20 bits per heavy atom. The molecule has 1 nitrogen and oxygen atoms in total. The summed E-state index contributed by atoms with van der Waals surface area (Å²) >= 11 is 0. The minimum atomic E-state index is 0. The number of rotatable bonds is 0. The first-order valence-corrected chi connectivity index (χ1v) is 0.204. The van der Waals surface area contributed by atoms with E-state index < -0.39 is 0 Å². The first-order chi connectivity index (χ1) is 1.00. The van der Waals surface area contributed by atoms with Crippen LogP contribution in [0.1, 0.15) is 2.85 Å². The van der Waals surface area contributed by atoms with Crippen molar-refractivity contribution in [1.82, 2.24) is 0 Å². The summed E-state index contributed by atoms with van der Waals surface area (Å²) < 4.78 is 0. The SMILES string of the molecule is [BH4-].[BH4-].[C]=O.[H-].[H-].[Ru+4]. The van der Waals surface area contributed by atoms with Crippen LogP contribution in [0.2, 0.25) is 0 Å². The Kier molecular flexibility index (Phi) is 3030. The van der Waals surface area contributed by atoms with Gasteiger partial charge in [0.1, 0.15) is 0 Å². The van der Waals surface area contributed by atoms with Gasteiger partial charge in [0.2, 0.25) is 0 Å². The summed E-state index contributed by atoms with van der Waals surface area (Å²) in [6.07, 6.45) is 0. The van der Waals surface area contributed by atoms with Crippen LogP contribution in [-0.2, 0) is 24.3 Å². The van der Waals surface area contributed by atoms with Crippen molar-refractivity contribution < 1.29 is 27.1 Å². The van der Waals surface area contributed by atoms with Crippen LogP contribution in [0.5, 0.6) is 0 Å². The number of hydrogen-bond acceptors (Lipinski definition) is 1. The summed E-state index contributed by atoms with van der Waals surface area (Å²) in [5, 5.41) is 0. The molecule has 0 bridgehead atoms. The quantitative estimate of drug-likeness (QED) is 0.344. The molecule has 5 heavy (non-hydrogen) atoms. The van der Waals surface area contributed by atoms with Crippen LogP contribution in [0.4, 0.5) is 0 Å². The van der Waals surface area contributed by atoms with Crippen molar-refractivity contribution in [3.63, 3.8) is 0 Å². The molecule has 0 heterocycles. The monoisotopic (exact) mass is 162 g/mol. The Morgan fingerprint density at radius 2 is 1.20 bits per heavy atom. The van der Waals surface area contributed by atoms with Crippen LogP contribution in [-0.4, -0.2) is 23.6 Å². The number of carbonyl (C=O) groups excluding carboxylic acids is 1. The van der Waals surface area contributed by atoms with E-state index in [9.17, 15) is 0 Å². The van der Waals surface area contributed by atoms with E-state index in [0.29, 0.717) is 0 Å². The van der Waals surface area contributed by atoms with E-state index >= 15 is 0 Å². The second-order valence-corrected chi connectivity index (χ2v) is 0. The standard InChI is InChI=1S/CO.2BH4.Ru.2H/c1-2;;;;;/h;2*1H4;;;/q;2*-1;+4;2*-1. The topological polar surface area (TPSA) is 17.1 Å². The molecule has 0 saturated heterocycles. The maximum Gasteiger partial charge on any atom is 4.00 e. The largest absolute Gasteiger partial charge is 4.00 e. The molecule has 0 aromatic carbocycles. The molecule has 0 aromatic heterocycles. The molecule has 0 atom stereocenters. The second kappa shape index (κ2) is 289. The normalized spacial score (nSPS) is 0.800. The van der Waals surface area contributed by atoms with Gasteiger partial charge in [-0.2, -0.15) is 0 Å². The molecule has 0 unspecified atom stereocenters. The molecule has 0 spiro atoms. The fourth-order valence-electron chi connectivity index (χ4n) is 0. The Hall–Kier alpha value is 0.423. The molecule has 2 radical (unpaired) electrons. The predicted octanol–water partition coefficient (Wildman–Crippen LogP) is -3.08. The molecule has 0 rings (SSSR count). The summed E-state index contributed by atoms with van der Waals surface area (Å²) in [5.74, 6) is 0. The fourth-order valence-corrected chi connectivity index (χ4v) is 0. The Morgan fingerprint density at radius 1 is 1.20 bits per heavy atom. The van der Waals surface area contributed by atoms with Crippen molar-refractivity contribution in [2.75, 3.05) is 0 Å². The van der Waals surface area contributed by atoms with Gasteiger partial charge in [0.05, 0.1) is 0 Å². The van der Waals surface area contributed by atoms with Gasteiger partial charge >= 0.3 is 19.5 Å². The fraction of sp³-hybridized carbons (Fsp3) is 0. The van der Waals surface area contributed by atoms with E-state index in [0.717, 1.165) is 0 Å². The molecular formula is CH10B2ORu. The summed E-state index contributed by atoms with van der Waals surface area (Å²) in [4.78, 5) is 7.50. The van der Waals surface area contributed by atoms with Crippen LogP contribution in [0.3, 0.4) is 0 Å². The summed E-state index contributed by atoms with van der Waals surface area (Å²) in [7, 11) is 0. The minimum absolute atomic E-state index is 0. The van der Waals surface area contributed by atoms with Crippen LogP contribution in [0.15, 0.2) is 0 Å². The first-order valence-electron chi connectivity index (χ1n) is 0.204. The van der Waals surface area contributed by atoms with Gasteiger partial charge in [-0.1, -0.05) is 16.8 Å². The molecule has 0 aliphatic heterocycles. The van der Waals surface area contributed by atoms with Crippen molar-refractivity contribution in [2.45, 2.75) is 0 Å². The van der Waals surface area contributed by atoms with Gasteiger partial charge in [-0.25, -0.2) is 0 Å². The van der Waals surface area contributed by atoms with E-state index in [1.807, 2.05) is 0 Å². The minimum Gasteiger partial charge on any atom is -1.00 e. The van der Waals surface area contributed by atoms with Crippen LogP contribution in [0, 0.1) is 0 Å². The zero-order valence-corrected chi connectivity index (χ0v) is 3.00. The summed E-state index contributed by atoms with van der Waals surface area (Å²) in [5.41, 5.74) is 0. The van der Waals surface area contributed by atoms with Crippen molar-refractivity contribution >= 4 is 23.6 Å². The van der Waals surface area contributed by atoms with Crippen molar-refractivity contribution in [3.05, 3.63) is 0 Å². The zero-order chi connectivity index (χ0) is 2.00. The van der Waals surface area contributed by atoms with Gasteiger partial charge in [0.15, 0.2) is 0 Å². The molecule has 0 aliphatic rings. The summed E-state index contributed by atoms with van der Waals surface area (Å²) in [6, 6.07) is 0. The van der Waals surface area contributed by atoms with Crippen molar-refractivity contribution in [2.24, 2.45) is 0 Å². The van der Waals surface area contributed by atoms with E-state index in [2.05, 4.69) is 6.79 Å². The van der Waals surface area contributed by atoms with Gasteiger partial charge in [-0.15, -0.1) is 0 Å². The number of hydrogen-bond donors (Lipinski definition) is 0. The average Bonchev–Trinajstić information content (AvgIpc) is 1.00. The van der Waals surface area contributed by atoms with Gasteiger partial charge in [0, 0.05) is 0 Å². The molecule has 0 amide bonds. The second-order valence-electron chi connectivity index (χ2n) is 0. The van der Waals surface area contributed by atoms with E-state index in [-0.39, 0.29) is 39.2 Å². The van der Waals surface area contributed by atoms with Crippen LogP contribution in [0.25, 0.3) is 0 Å². The Balaban J connectivity index is -0.000000000500. The van der Waals surface area contributed by atoms with Crippen LogP contribution >= 0.6 is 0 Å². The molecule has 0 aromatic rings. The van der Waals surface area contributed by atoms with Gasteiger partial charge in [0.25, 0.3) is 6.79 Å². The maximum atomic E-state index is 7.50. The van der Waals surface area contributed by atoms with Crippen molar-refractivity contribution in [1.29, 1.82) is 0 Å². The third kappa shape index (κ3) is 145. The maximum absolute atomic E-state index is 7.50. The van der Waals surface area contributed by atoms with Gasteiger partial charge in [-0.05, 0) is 0 Å². The molecule has 0 N–H and O–H groups in total. The zero-order valence-electron chi connectivity index (χ0n) is 3.26. The average molecular weight is 161 g/mol. The van der Waals surface area contributed by atoms with E-state index in [4.69, 9.17) is 4.79 Å². The Bertz CT molecular complexity index is 15.7. The summed E-state index contributed by atoms with van der Waals surface area (Å²) in [6.45, 7) is 4.50. The van der Waals surface area contributed by atoms with E-state index in [1.165, 1.54) is 0 Å². The third-order valence-corrected chi connectivity index (χ3v) is 0. The smallest absolute Gasteiger partial charge is 1.00 e.